The first kappa shape index (κ1) is 12.0. The third kappa shape index (κ3) is 2.00. The highest BCUT2D eigenvalue weighted by molar-refractivity contribution is 7.91. The van der Waals surface area contributed by atoms with Crippen molar-refractivity contribution in [2.24, 2.45) is 0 Å². The molecule has 1 aliphatic heterocycles. The zero-order chi connectivity index (χ0) is 11.8. The van der Waals surface area contributed by atoms with E-state index in [0.29, 0.717) is 10.8 Å². The van der Waals surface area contributed by atoms with E-state index in [4.69, 9.17) is 0 Å². The van der Waals surface area contributed by atoms with Crippen LogP contribution >= 0.6 is 11.3 Å². The molecule has 0 bridgehead atoms. The van der Waals surface area contributed by atoms with Crippen LogP contribution in [0.1, 0.15) is 11.9 Å². The Kier molecular flexibility index (Phi) is 3.29. The summed E-state index contributed by atoms with van der Waals surface area (Å²) in [6, 6.07) is 0.0948. The molecule has 90 valence electrons. The lowest BCUT2D eigenvalue weighted by molar-refractivity contribution is 0.250. The lowest BCUT2D eigenvalue weighted by Crippen LogP contribution is -2.58. The molecule has 1 aromatic heterocycles. The lowest BCUT2D eigenvalue weighted by atomic mass is 10.2. The molecule has 1 N–H and O–H groups in total. The predicted molar refractivity (Wildman–Crippen MR) is 63.1 cm³/mol. The van der Waals surface area contributed by atoms with Gasteiger partial charge in [0.25, 0.3) is 10.0 Å². The van der Waals surface area contributed by atoms with Crippen molar-refractivity contribution in [3.8, 4) is 0 Å². The number of aryl methyl sites for hydroxylation is 1. The van der Waals surface area contributed by atoms with Gasteiger partial charge in [0.2, 0.25) is 0 Å². The molecule has 1 aromatic rings. The van der Waals surface area contributed by atoms with Gasteiger partial charge in [-0.1, -0.05) is 6.92 Å². The van der Waals surface area contributed by atoms with Gasteiger partial charge in [0.15, 0.2) is 4.21 Å². The quantitative estimate of drug-likeness (QED) is 0.854. The van der Waals surface area contributed by atoms with Crippen molar-refractivity contribution in [1.29, 1.82) is 0 Å². The Hall–Kier alpha value is -0.500. The average molecular weight is 261 g/mol. The normalized spacial score (nSPS) is 17.7. The van der Waals surface area contributed by atoms with Crippen molar-refractivity contribution in [2.45, 2.75) is 24.1 Å². The molecule has 0 unspecified atom stereocenters. The fourth-order valence-electron chi connectivity index (χ4n) is 1.68. The molecule has 16 heavy (non-hydrogen) atoms. The van der Waals surface area contributed by atoms with E-state index in [1.165, 1.54) is 17.5 Å². The van der Waals surface area contributed by atoms with Gasteiger partial charge in [-0.2, -0.15) is 4.31 Å². The van der Waals surface area contributed by atoms with Crippen LogP contribution in [0, 0.1) is 6.92 Å². The summed E-state index contributed by atoms with van der Waals surface area (Å²) in [7, 11) is -3.34. The van der Waals surface area contributed by atoms with Crippen LogP contribution in [0.4, 0.5) is 0 Å². The molecule has 1 aliphatic rings. The number of likely N-dealkylation sites (N-methyl/N-ethyl adjacent to an activating group) is 1. The molecule has 0 spiro atoms. The third-order valence-electron chi connectivity index (χ3n) is 2.64. The number of nitrogens with zero attached hydrogens (tertiary/aromatic N) is 2. The second-order valence-electron chi connectivity index (χ2n) is 3.72. The van der Waals surface area contributed by atoms with Crippen LogP contribution in [0.5, 0.6) is 0 Å². The highest BCUT2D eigenvalue weighted by atomic mass is 32.2. The number of aromatic nitrogens is 1. The van der Waals surface area contributed by atoms with Crippen molar-refractivity contribution in [2.75, 3.05) is 19.6 Å². The summed E-state index contributed by atoms with van der Waals surface area (Å²) in [5, 5.41) is 3.87. The van der Waals surface area contributed by atoms with Crippen molar-refractivity contribution in [1.82, 2.24) is 14.6 Å². The minimum Gasteiger partial charge on any atom is -0.313 e. The van der Waals surface area contributed by atoms with Gasteiger partial charge in [-0.15, -0.1) is 11.3 Å². The monoisotopic (exact) mass is 261 g/mol. The Morgan fingerprint density at radius 3 is 2.69 bits per heavy atom. The van der Waals surface area contributed by atoms with Gasteiger partial charge in [-0.3, -0.25) is 0 Å². The molecule has 1 fully saturated rings. The topological polar surface area (TPSA) is 62.3 Å². The minimum absolute atomic E-state index is 0.0948. The molecule has 0 saturated carbocycles. The van der Waals surface area contributed by atoms with E-state index in [9.17, 15) is 8.42 Å². The average Bonchev–Trinajstić information content (AvgIpc) is 2.58. The zero-order valence-electron chi connectivity index (χ0n) is 9.30. The lowest BCUT2D eigenvalue weighted by Gasteiger charge is -2.36. The number of hydrogen-bond acceptors (Lipinski definition) is 5. The Bertz CT molecular complexity index is 465. The second-order valence-corrected chi connectivity index (χ2v) is 7.07. The molecule has 2 heterocycles. The van der Waals surface area contributed by atoms with E-state index >= 15 is 0 Å². The molecule has 0 atom stereocenters. The Balaban J connectivity index is 2.29. The second kappa shape index (κ2) is 4.40. The first-order valence-electron chi connectivity index (χ1n) is 5.20. The summed E-state index contributed by atoms with van der Waals surface area (Å²) in [6.07, 6.45) is 1.45. The Morgan fingerprint density at radius 2 is 2.31 bits per heavy atom. The van der Waals surface area contributed by atoms with E-state index in [-0.39, 0.29) is 6.04 Å². The summed E-state index contributed by atoms with van der Waals surface area (Å²) in [4.78, 5) is 4.00. The van der Waals surface area contributed by atoms with Gasteiger partial charge < -0.3 is 5.32 Å². The molecule has 0 aromatic carbocycles. The van der Waals surface area contributed by atoms with Gasteiger partial charge in [-0.25, -0.2) is 13.4 Å². The van der Waals surface area contributed by atoms with Crippen molar-refractivity contribution in [3.63, 3.8) is 0 Å². The van der Waals surface area contributed by atoms with E-state index < -0.39 is 10.0 Å². The zero-order valence-corrected chi connectivity index (χ0v) is 10.9. The first-order chi connectivity index (χ1) is 7.55. The smallest absolute Gasteiger partial charge is 0.254 e. The molecule has 1 saturated heterocycles. The maximum atomic E-state index is 12.3. The molecule has 0 aliphatic carbocycles. The number of nitrogens with one attached hydrogen (secondary N) is 1. The Labute approximate surface area is 99.5 Å². The molecular formula is C9H15N3O2S2. The summed E-state index contributed by atoms with van der Waals surface area (Å²) in [5.74, 6) is 0. The number of thiazole rings is 1. The molecular weight excluding hydrogens is 246 g/mol. The van der Waals surface area contributed by atoms with Crippen LogP contribution in [-0.2, 0) is 10.0 Å². The molecule has 0 amide bonds. The van der Waals surface area contributed by atoms with Crippen LogP contribution < -0.4 is 5.32 Å². The fraction of sp³-hybridized carbons (Fsp3) is 0.667. The summed E-state index contributed by atoms with van der Waals surface area (Å²) >= 11 is 1.23. The van der Waals surface area contributed by atoms with Gasteiger partial charge in [0.05, 0.1) is 17.2 Å². The van der Waals surface area contributed by atoms with E-state index in [0.717, 1.165) is 18.1 Å². The highest BCUT2D eigenvalue weighted by Gasteiger charge is 2.34. The fourth-order valence-corrected chi connectivity index (χ4v) is 4.55. The number of sulfonamides is 1. The minimum atomic E-state index is -3.34. The Morgan fingerprint density at radius 1 is 1.62 bits per heavy atom. The van der Waals surface area contributed by atoms with Crippen LogP contribution in [0.25, 0.3) is 0 Å². The number of hydrogen-bond donors (Lipinski definition) is 1. The van der Waals surface area contributed by atoms with E-state index in [1.54, 1.807) is 4.31 Å². The number of rotatable bonds is 4. The summed E-state index contributed by atoms with van der Waals surface area (Å²) in [6.45, 7) is 5.66. The van der Waals surface area contributed by atoms with Gasteiger partial charge in [-0.05, 0) is 6.92 Å². The molecule has 5 nitrogen and oxygen atoms in total. The SMILES string of the molecule is CCN(C1CNC1)S(=O)(=O)c1cnc(C)s1. The predicted octanol–water partition coefficient (Wildman–Crippen LogP) is 0.434. The van der Waals surface area contributed by atoms with Crippen molar-refractivity contribution in [3.05, 3.63) is 11.2 Å². The summed E-state index contributed by atoms with van der Waals surface area (Å²) in [5.41, 5.74) is 0. The summed E-state index contributed by atoms with van der Waals surface area (Å²) < 4.78 is 26.5. The van der Waals surface area contributed by atoms with E-state index in [2.05, 4.69) is 10.3 Å². The van der Waals surface area contributed by atoms with Gasteiger partial charge >= 0.3 is 0 Å². The largest absolute Gasteiger partial charge is 0.313 e. The van der Waals surface area contributed by atoms with Crippen LogP contribution in [0.2, 0.25) is 0 Å². The maximum absolute atomic E-state index is 12.3. The van der Waals surface area contributed by atoms with Crippen LogP contribution in [0.15, 0.2) is 10.4 Å². The van der Waals surface area contributed by atoms with Gasteiger partial charge in [0.1, 0.15) is 0 Å². The van der Waals surface area contributed by atoms with E-state index in [1.807, 2.05) is 13.8 Å². The van der Waals surface area contributed by atoms with Crippen molar-refractivity contribution >= 4 is 21.4 Å². The van der Waals surface area contributed by atoms with Crippen LogP contribution in [0.3, 0.4) is 0 Å². The van der Waals surface area contributed by atoms with Crippen molar-refractivity contribution < 1.29 is 8.42 Å². The standard InChI is InChI=1S/C9H15N3O2S2/c1-3-12(8-4-10-5-8)16(13,14)9-6-11-7(2)15-9/h6,8,10H,3-5H2,1-2H3. The molecule has 7 heteroatoms. The highest BCUT2D eigenvalue weighted by Crippen LogP contribution is 2.24. The first-order valence-corrected chi connectivity index (χ1v) is 7.46. The molecule has 2 rings (SSSR count). The molecule has 0 radical (unpaired) electrons. The third-order valence-corrected chi connectivity index (χ3v) is 6.02. The van der Waals surface area contributed by atoms with Gasteiger partial charge in [0, 0.05) is 19.6 Å². The maximum Gasteiger partial charge on any atom is 0.254 e. The van der Waals surface area contributed by atoms with Crippen LogP contribution in [-0.4, -0.2) is 43.4 Å².